The Hall–Kier alpha value is -2.90. The van der Waals surface area contributed by atoms with Gasteiger partial charge in [-0.25, -0.2) is 9.07 Å². The van der Waals surface area contributed by atoms with E-state index in [0.717, 1.165) is 11.3 Å². The molecule has 0 atom stereocenters. The molecule has 1 amide bonds. The number of rotatable bonds is 3. The number of amides is 1. The smallest absolute Gasteiger partial charge is 0.295 e. The lowest BCUT2D eigenvalue weighted by Gasteiger charge is -2.07. The second-order valence-corrected chi connectivity index (χ2v) is 7.68. The average Bonchev–Trinajstić information content (AvgIpc) is 3.13. The first kappa shape index (κ1) is 18.5. The summed E-state index contributed by atoms with van der Waals surface area (Å²) in [5, 5.41) is 2.92. The van der Waals surface area contributed by atoms with Gasteiger partial charge in [-0.15, -0.1) is 11.3 Å². The SMILES string of the molecule is Cc1c(NC(=O)c2sc3cccc(F)c3c2Cl)c(=O)n(-c2ccccc2)n1C. The molecule has 28 heavy (non-hydrogen) atoms. The molecule has 5 nitrogen and oxygen atoms in total. The van der Waals surface area contributed by atoms with E-state index in [2.05, 4.69) is 5.32 Å². The van der Waals surface area contributed by atoms with Crippen molar-refractivity contribution in [2.24, 2.45) is 7.05 Å². The molecular formula is C20H15ClFN3O2S. The van der Waals surface area contributed by atoms with Gasteiger partial charge in [0.2, 0.25) is 0 Å². The first-order valence-corrected chi connectivity index (χ1v) is 9.61. The number of para-hydroxylation sites is 1. The van der Waals surface area contributed by atoms with Gasteiger partial charge in [0, 0.05) is 17.1 Å². The Bertz CT molecular complexity index is 1270. The summed E-state index contributed by atoms with van der Waals surface area (Å²) in [6, 6.07) is 13.7. The van der Waals surface area contributed by atoms with Crippen molar-refractivity contribution in [3.05, 3.63) is 80.3 Å². The maximum atomic E-state index is 14.1. The molecule has 0 aliphatic heterocycles. The highest BCUT2D eigenvalue weighted by Crippen LogP contribution is 2.37. The molecule has 4 rings (SSSR count). The minimum absolute atomic E-state index is 0.0487. The van der Waals surface area contributed by atoms with Gasteiger partial charge in [-0.2, -0.15) is 0 Å². The van der Waals surface area contributed by atoms with E-state index >= 15 is 0 Å². The van der Waals surface area contributed by atoms with Crippen molar-refractivity contribution >= 4 is 44.6 Å². The molecule has 0 bridgehead atoms. The van der Waals surface area contributed by atoms with E-state index in [0.29, 0.717) is 16.1 Å². The Labute approximate surface area is 168 Å². The standard InChI is InChI=1S/C20H15ClFN3O2S/c1-11-17(20(27)25(24(11)2)12-7-4-3-5-8-12)23-19(26)18-16(21)15-13(22)9-6-10-14(15)28-18/h3-10H,1-2H3,(H,23,26). The van der Waals surface area contributed by atoms with Crippen LogP contribution in [-0.4, -0.2) is 15.3 Å². The number of carbonyl (C=O) groups excluding carboxylic acids is 1. The van der Waals surface area contributed by atoms with Gasteiger partial charge in [0.15, 0.2) is 0 Å². The molecule has 0 saturated heterocycles. The number of hydrogen-bond acceptors (Lipinski definition) is 3. The van der Waals surface area contributed by atoms with Crippen LogP contribution in [0, 0.1) is 12.7 Å². The summed E-state index contributed by atoms with van der Waals surface area (Å²) in [6.45, 7) is 1.74. The molecule has 0 fully saturated rings. The molecule has 1 N–H and O–H groups in total. The number of carbonyl (C=O) groups is 1. The average molecular weight is 416 g/mol. The van der Waals surface area contributed by atoms with Crippen molar-refractivity contribution in [3.8, 4) is 5.69 Å². The van der Waals surface area contributed by atoms with E-state index in [1.807, 2.05) is 18.2 Å². The number of fused-ring (bicyclic) bond motifs is 1. The van der Waals surface area contributed by atoms with Gasteiger partial charge < -0.3 is 5.32 Å². The third-order valence-corrected chi connectivity index (χ3v) is 6.25. The van der Waals surface area contributed by atoms with Crippen LogP contribution in [0.2, 0.25) is 5.02 Å². The third-order valence-electron chi connectivity index (χ3n) is 4.61. The quantitative estimate of drug-likeness (QED) is 0.525. The Morgan fingerprint density at radius 1 is 1.14 bits per heavy atom. The normalized spacial score (nSPS) is 11.1. The first-order valence-electron chi connectivity index (χ1n) is 8.42. The van der Waals surface area contributed by atoms with Crippen LogP contribution in [0.25, 0.3) is 15.8 Å². The Balaban J connectivity index is 1.77. The number of aromatic nitrogens is 2. The predicted octanol–water partition coefficient (Wildman–Crippen LogP) is 4.74. The van der Waals surface area contributed by atoms with Crippen LogP contribution in [0.4, 0.5) is 10.1 Å². The van der Waals surface area contributed by atoms with Crippen molar-refractivity contribution in [1.82, 2.24) is 9.36 Å². The van der Waals surface area contributed by atoms with Crippen molar-refractivity contribution in [2.75, 3.05) is 5.32 Å². The topological polar surface area (TPSA) is 56.0 Å². The van der Waals surface area contributed by atoms with Crippen molar-refractivity contribution in [1.29, 1.82) is 0 Å². The molecule has 0 aliphatic carbocycles. The molecule has 0 aliphatic rings. The summed E-state index contributed by atoms with van der Waals surface area (Å²) in [5.41, 5.74) is 1.07. The zero-order chi connectivity index (χ0) is 20.0. The van der Waals surface area contributed by atoms with Crippen molar-refractivity contribution in [3.63, 3.8) is 0 Å². The van der Waals surface area contributed by atoms with Gasteiger partial charge in [0.25, 0.3) is 11.5 Å². The molecule has 2 aromatic carbocycles. The van der Waals surface area contributed by atoms with Crippen LogP contribution in [-0.2, 0) is 7.05 Å². The number of halogens is 2. The van der Waals surface area contributed by atoms with Crippen LogP contribution in [0.3, 0.4) is 0 Å². The molecule has 4 aromatic rings. The summed E-state index contributed by atoms with van der Waals surface area (Å²) in [6.07, 6.45) is 0. The first-order chi connectivity index (χ1) is 13.4. The number of nitrogens with zero attached hydrogens (tertiary/aromatic N) is 2. The van der Waals surface area contributed by atoms with Crippen LogP contribution < -0.4 is 10.9 Å². The van der Waals surface area contributed by atoms with Crippen LogP contribution in [0.1, 0.15) is 15.4 Å². The Morgan fingerprint density at radius 3 is 2.54 bits per heavy atom. The highest BCUT2D eigenvalue weighted by atomic mass is 35.5. The molecular weight excluding hydrogens is 401 g/mol. The fourth-order valence-corrected chi connectivity index (χ4v) is 4.55. The summed E-state index contributed by atoms with van der Waals surface area (Å²) in [4.78, 5) is 25.9. The molecule has 142 valence electrons. The van der Waals surface area contributed by atoms with Gasteiger partial charge in [-0.1, -0.05) is 35.9 Å². The lowest BCUT2D eigenvalue weighted by atomic mass is 10.2. The summed E-state index contributed by atoms with van der Waals surface area (Å²) >= 11 is 7.34. The highest BCUT2D eigenvalue weighted by Gasteiger charge is 2.23. The largest absolute Gasteiger partial charge is 0.315 e. The van der Waals surface area contributed by atoms with Gasteiger partial charge in [-0.3, -0.25) is 14.3 Å². The minimum atomic E-state index is -0.545. The molecule has 0 radical (unpaired) electrons. The van der Waals surface area contributed by atoms with Gasteiger partial charge in [-0.05, 0) is 31.2 Å². The molecule has 8 heteroatoms. The summed E-state index contributed by atoms with van der Waals surface area (Å²) in [5.74, 6) is -1.03. The fraction of sp³-hybridized carbons (Fsp3) is 0.100. The van der Waals surface area contributed by atoms with Gasteiger partial charge >= 0.3 is 0 Å². The molecule has 0 spiro atoms. The minimum Gasteiger partial charge on any atom is -0.315 e. The highest BCUT2D eigenvalue weighted by molar-refractivity contribution is 7.21. The second kappa shape index (κ2) is 6.92. The zero-order valence-electron chi connectivity index (χ0n) is 15.0. The van der Waals surface area contributed by atoms with Gasteiger partial charge in [0.05, 0.1) is 16.4 Å². The monoisotopic (exact) mass is 415 g/mol. The van der Waals surface area contributed by atoms with Crippen LogP contribution in [0.5, 0.6) is 0 Å². The summed E-state index contributed by atoms with van der Waals surface area (Å²) in [7, 11) is 1.74. The van der Waals surface area contributed by atoms with E-state index in [1.54, 1.807) is 42.9 Å². The third kappa shape index (κ3) is 2.83. The van der Waals surface area contributed by atoms with Crippen molar-refractivity contribution < 1.29 is 9.18 Å². The van der Waals surface area contributed by atoms with E-state index in [1.165, 1.54) is 10.7 Å². The van der Waals surface area contributed by atoms with E-state index < -0.39 is 11.7 Å². The predicted molar refractivity (Wildman–Crippen MR) is 110 cm³/mol. The molecule has 0 unspecified atom stereocenters. The van der Waals surface area contributed by atoms with Crippen LogP contribution in [0.15, 0.2) is 53.3 Å². The molecule has 0 saturated carbocycles. The summed E-state index contributed by atoms with van der Waals surface area (Å²) < 4.78 is 17.8. The van der Waals surface area contributed by atoms with E-state index in [9.17, 15) is 14.0 Å². The van der Waals surface area contributed by atoms with E-state index in [4.69, 9.17) is 11.6 Å². The number of thiophene rings is 1. The lowest BCUT2D eigenvalue weighted by Crippen LogP contribution is -2.22. The maximum Gasteiger partial charge on any atom is 0.295 e. The number of benzene rings is 2. The maximum absolute atomic E-state index is 14.1. The Kier molecular flexibility index (Phi) is 4.56. The van der Waals surface area contributed by atoms with Gasteiger partial charge in [0.1, 0.15) is 16.4 Å². The fourth-order valence-electron chi connectivity index (χ4n) is 3.10. The molecule has 2 aromatic heterocycles. The Morgan fingerprint density at radius 2 is 1.86 bits per heavy atom. The zero-order valence-corrected chi connectivity index (χ0v) is 16.6. The lowest BCUT2D eigenvalue weighted by molar-refractivity contribution is 0.103. The number of hydrogen-bond donors (Lipinski definition) is 1. The number of nitrogens with one attached hydrogen (secondary N) is 1. The number of anilines is 1. The molecule has 2 heterocycles. The van der Waals surface area contributed by atoms with Crippen molar-refractivity contribution in [2.45, 2.75) is 6.92 Å². The van der Waals surface area contributed by atoms with E-state index in [-0.39, 0.29) is 26.5 Å². The van der Waals surface area contributed by atoms with Crippen LogP contribution >= 0.6 is 22.9 Å². The second-order valence-electron chi connectivity index (χ2n) is 6.25.